The molecule has 0 saturated carbocycles. The number of hydrogen-bond donors (Lipinski definition) is 4. The van der Waals surface area contributed by atoms with Gasteiger partial charge in [0.05, 0.1) is 65.2 Å². The van der Waals surface area contributed by atoms with Crippen molar-refractivity contribution in [3.63, 3.8) is 0 Å². The molecular formula is C44H29N4NaO12S4. The molecule has 4 aromatic rings. The molecule has 0 aromatic heterocycles. The van der Waals surface area contributed by atoms with Gasteiger partial charge in [0, 0.05) is 22.3 Å². The Bertz CT molecular complexity index is 3150. The van der Waals surface area contributed by atoms with Gasteiger partial charge in [-0.2, -0.15) is 33.7 Å². The van der Waals surface area contributed by atoms with Crippen LogP contribution in [0.3, 0.4) is 0 Å². The second-order valence-corrected chi connectivity index (χ2v) is 20.0. The Balaban J connectivity index is 0.00000576. The first-order valence-electron chi connectivity index (χ1n) is 18.6. The van der Waals surface area contributed by atoms with Crippen LogP contribution in [0.15, 0.2) is 208 Å². The molecule has 0 atom stereocenters. The second kappa shape index (κ2) is 16.8. The second-order valence-electron chi connectivity index (χ2n) is 14.4. The Kier molecular flexibility index (Phi) is 11.8. The van der Waals surface area contributed by atoms with Crippen LogP contribution in [0, 0.1) is 0 Å². The quantitative estimate of drug-likeness (QED) is 0.117. The molecule has 5 aliphatic rings. The van der Waals surface area contributed by atoms with E-state index in [4.69, 9.17) is 20.0 Å². The minimum absolute atomic E-state index is 0. The molecule has 9 rings (SSSR count). The Hall–Kier alpha value is -5.88. The molecule has 8 bridgehead atoms. The molecule has 0 fully saturated rings. The summed E-state index contributed by atoms with van der Waals surface area (Å²) in [5.41, 5.74) is 6.28. The number of benzene rings is 4. The Morgan fingerprint density at radius 1 is 0.277 bits per heavy atom. The standard InChI is InChI=1S/C44H28N4O12S4.Na.H/c49-61(50,51)29-9-1-25(2-10-29)41-33-17-19-35(45-33)42(26-3-11-30(12-4-26)62(52,53)54)37-21-23-39(47-37)44(28-7-15-32(16-8-28)64(58,59)60)40-24-22-38(48-40)43(36-20-18-34(41)46-36)27-5-13-31(14-6-27)63(55,56)57;;/h1-24H,(H,49,50,51)(H,52,53,54)(H,55,56,57)(H,58,59,60);;. The molecule has 5 aliphatic heterocycles. The van der Waals surface area contributed by atoms with E-state index in [0.29, 0.717) is 90.2 Å². The third kappa shape index (κ3) is 9.06. The molecule has 322 valence electrons. The molecule has 0 aliphatic carbocycles. The molecule has 21 heteroatoms. The van der Waals surface area contributed by atoms with E-state index in [-0.39, 0.29) is 49.1 Å². The maximum atomic E-state index is 12.0. The van der Waals surface area contributed by atoms with Gasteiger partial charge in [-0.05, 0) is 119 Å². The first kappa shape index (κ1) is 45.7. The zero-order chi connectivity index (χ0) is 45.3. The van der Waals surface area contributed by atoms with E-state index in [9.17, 15) is 51.9 Å². The van der Waals surface area contributed by atoms with Crippen LogP contribution in [-0.2, 0) is 40.5 Å². The number of nitrogens with zero attached hydrogens (tertiary/aromatic N) is 4. The van der Waals surface area contributed by atoms with Crippen molar-refractivity contribution in [2.45, 2.75) is 19.6 Å². The van der Waals surface area contributed by atoms with Gasteiger partial charge in [-0.1, -0.05) is 48.5 Å². The van der Waals surface area contributed by atoms with Crippen LogP contribution in [-0.4, -0.2) is 104 Å². The Morgan fingerprint density at radius 2 is 0.446 bits per heavy atom. The van der Waals surface area contributed by atoms with Gasteiger partial charge >= 0.3 is 29.6 Å². The fraction of sp³-hybridized carbons (Fsp3) is 0. The summed E-state index contributed by atoms with van der Waals surface area (Å²) >= 11 is 0. The molecule has 0 radical (unpaired) electrons. The molecule has 5 heterocycles. The fourth-order valence-corrected chi connectivity index (χ4v) is 9.36. The average molecular weight is 957 g/mol. The first-order valence-corrected chi connectivity index (χ1v) is 24.4. The molecule has 4 N–H and O–H groups in total. The average Bonchev–Trinajstić information content (AvgIpc) is 4.08. The molecular weight excluding hydrogens is 928 g/mol. The van der Waals surface area contributed by atoms with Crippen LogP contribution >= 0.6 is 0 Å². The molecule has 0 spiro atoms. The van der Waals surface area contributed by atoms with Gasteiger partial charge in [-0.25, -0.2) is 20.0 Å². The van der Waals surface area contributed by atoms with Gasteiger partial charge in [-0.15, -0.1) is 0 Å². The van der Waals surface area contributed by atoms with E-state index in [1.165, 1.54) is 97.1 Å². The Labute approximate surface area is 394 Å². The van der Waals surface area contributed by atoms with Gasteiger partial charge in [-0.3, -0.25) is 18.2 Å². The van der Waals surface area contributed by atoms with E-state index < -0.39 is 40.5 Å². The number of aliphatic imine (C=N–C) groups is 4. The summed E-state index contributed by atoms with van der Waals surface area (Å²) in [5.74, 6) is 0. The summed E-state index contributed by atoms with van der Waals surface area (Å²) in [4.78, 5) is 18.7. The van der Waals surface area contributed by atoms with Gasteiger partial charge in [0.1, 0.15) is 0 Å². The van der Waals surface area contributed by atoms with Crippen LogP contribution in [0.25, 0.3) is 22.3 Å². The summed E-state index contributed by atoms with van der Waals surface area (Å²) in [6, 6.07) is 21.6. The minimum atomic E-state index is -4.56. The van der Waals surface area contributed by atoms with Gasteiger partial charge in [0.25, 0.3) is 40.5 Å². The molecule has 4 aromatic carbocycles. The summed E-state index contributed by atoms with van der Waals surface area (Å²) in [6.45, 7) is 0. The van der Waals surface area contributed by atoms with E-state index in [2.05, 4.69) is 0 Å². The van der Waals surface area contributed by atoms with Crippen LogP contribution in [0.4, 0.5) is 0 Å². The van der Waals surface area contributed by atoms with Crippen molar-refractivity contribution in [3.05, 3.63) is 191 Å². The SMILES string of the molecule is O=S(=O)(O)c1ccc(C2=C3C=CC(=N3)C(c3ccc(S(=O)(=O)O)cc3)=C3C=CC(=N3)C(c3ccc(S(=O)(=O)O)cc3)=C3C=CC(=N3)C(c3ccc(S(=O)(=O)O)cc3)=C3C=CC2=N3)cc1.[NaH]. The van der Waals surface area contributed by atoms with Crippen molar-refractivity contribution in [2.75, 3.05) is 0 Å². The van der Waals surface area contributed by atoms with Crippen molar-refractivity contribution in [1.29, 1.82) is 0 Å². The molecule has 0 unspecified atom stereocenters. The number of hydrogen-bond acceptors (Lipinski definition) is 12. The van der Waals surface area contributed by atoms with Crippen LogP contribution in [0.1, 0.15) is 22.3 Å². The third-order valence-corrected chi connectivity index (χ3v) is 13.8. The van der Waals surface area contributed by atoms with Crippen molar-refractivity contribution in [2.24, 2.45) is 20.0 Å². The maximum absolute atomic E-state index is 12.0. The van der Waals surface area contributed by atoms with Gasteiger partial charge < -0.3 is 0 Å². The molecule has 16 nitrogen and oxygen atoms in total. The van der Waals surface area contributed by atoms with Gasteiger partial charge in [0.15, 0.2) is 0 Å². The number of fused-ring (bicyclic) bond motifs is 4. The van der Waals surface area contributed by atoms with Crippen LogP contribution < -0.4 is 0 Å². The van der Waals surface area contributed by atoms with E-state index >= 15 is 0 Å². The number of allylic oxidation sites excluding steroid dienone is 12. The predicted octanol–water partition coefficient (Wildman–Crippen LogP) is 6.03. The van der Waals surface area contributed by atoms with Crippen molar-refractivity contribution in [3.8, 4) is 0 Å². The summed E-state index contributed by atoms with van der Waals surface area (Å²) in [6.07, 6.45) is 13.6. The monoisotopic (exact) mass is 956 g/mol. The molecule has 0 amide bonds. The Morgan fingerprint density at radius 3 is 0.600 bits per heavy atom. The molecule has 0 saturated heterocycles. The zero-order valence-electron chi connectivity index (χ0n) is 32.3. The van der Waals surface area contributed by atoms with Crippen molar-refractivity contribution in [1.82, 2.24) is 0 Å². The van der Waals surface area contributed by atoms with Gasteiger partial charge in [0.2, 0.25) is 0 Å². The van der Waals surface area contributed by atoms with E-state index in [1.807, 2.05) is 0 Å². The predicted molar refractivity (Wildman–Crippen MR) is 246 cm³/mol. The normalized spacial score (nSPS) is 17.2. The summed E-state index contributed by atoms with van der Waals surface area (Å²) in [7, 11) is -18.2. The summed E-state index contributed by atoms with van der Waals surface area (Å²) < 4.78 is 135. The summed E-state index contributed by atoms with van der Waals surface area (Å²) in [5, 5.41) is 0. The number of rotatable bonds is 8. The van der Waals surface area contributed by atoms with Crippen LogP contribution in [0.5, 0.6) is 0 Å². The zero-order valence-corrected chi connectivity index (χ0v) is 35.6. The topological polar surface area (TPSA) is 267 Å². The van der Waals surface area contributed by atoms with Crippen molar-refractivity contribution >= 4 is 115 Å². The first-order chi connectivity index (χ1) is 30.2. The molecule has 65 heavy (non-hydrogen) atoms. The van der Waals surface area contributed by atoms with Crippen molar-refractivity contribution < 1.29 is 51.9 Å². The van der Waals surface area contributed by atoms with E-state index in [1.54, 1.807) is 48.6 Å². The van der Waals surface area contributed by atoms with Crippen LogP contribution in [0.2, 0.25) is 0 Å². The van der Waals surface area contributed by atoms with E-state index in [0.717, 1.165) is 0 Å². The third-order valence-electron chi connectivity index (χ3n) is 10.4. The fourth-order valence-electron chi connectivity index (χ4n) is 7.44.